The average Bonchev–Trinajstić information content (AvgIpc) is 3.18. The standard InChI is InChI=1S/C24H24ClF3N6O3/c1-23(2,3)37-22(36)34-10-9-15-17(20(34)35)18(32-21(25)30-15)29-11-13-5-7-14(8-6-13)19-31-16(12-33(19)4)24(26,27)28/h5-8,12H,9-11H2,1-4H3,(H,29,30,32). The number of carbonyl (C=O) groups is 2. The van der Waals surface area contributed by atoms with Gasteiger partial charge in [0.2, 0.25) is 5.28 Å². The summed E-state index contributed by atoms with van der Waals surface area (Å²) in [5, 5.41) is 3.01. The van der Waals surface area contributed by atoms with E-state index < -0.39 is 29.5 Å². The lowest BCUT2D eigenvalue weighted by Gasteiger charge is -2.30. The number of amides is 2. The number of halogens is 4. The van der Waals surface area contributed by atoms with Gasteiger partial charge in [-0.05, 0) is 37.9 Å². The van der Waals surface area contributed by atoms with Gasteiger partial charge in [-0.15, -0.1) is 0 Å². The lowest BCUT2D eigenvalue weighted by molar-refractivity contribution is -0.140. The molecular formula is C24H24ClF3N6O3. The Kier molecular flexibility index (Phi) is 6.89. The summed E-state index contributed by atoms with van der Waals surface area (Å²) in [4.78, 5) is 38.7. The zero-order chi connectivity index (χ0) is 27.1. The summed E-state index contributed by atoms with van der Waals surface area (Å²) in [5.41, 5.74) is 0.0667. The Balaban J connectivity index is 1.53. The molecule has 0 aliphatic carbocycles. The van der Waals surface area contributed by atoms with Gasteiger partial charge in [0.15, 0.2) is 5.69 Å². The molecule has 0 saturated carbocycles. The van der Waals surface area contributed by atoms with Crippen LogP contribution in [0.1, 0.15) is 48.1 Å². The fraction of sp³-hybridized carbons (Fsp3) is 0.375. The fourth-order valence-corrected chi connectivity index (χ4v) is 3.97. The van der Waals surface area contributed by atoms with Crippen molar-refractivity contribution in [2.24, 2.45) is 7.05 Å². The molecule has 1 aliphatic rings. The SMILES string of the molecule is Cn1cc(C(F)(F)F)nc1-c1ccc(CNc2nc(Cl)nc3c2C(=O)N(C(=O)OC(C)(C)C)CC3)cc1. The van der Waals surface area contributed by atoms with Crippen molar-refractivity contribution < 1.29 is 27.5 Å². The van der Waals surface area contributed by atoms with Crippen LogP contribution in [0.4, 0.5) is 23.8 Å². The molecule has 4 rings (SSSR count). The minimum absolute atomic E-state index is 0.0506. The Morgan fingerprint density at radius 2 is 1.81 bits per heavy atom. The molecule has 1 aliphatic heterocycles. The van der Waals surface area contributed by atoms with Crippen LogP contribution in [0, 0.1) is 0 Å². The summed E-state index contributed by atoms with van der Waals surface area (Å²) in [5.74, 6) is -0.257. The van der Waals surface area contributed by atoms with Gasteiger partial charge in [-0.1, -0.05) is 24.3 Å². The first-order valence-electron chi connectivity index (χ1n) is 11.3. The second kappa shape index (κ2) is 9.66. The minimum atomic E-state index is -4.53. The molecule has 37 heavy (non-hydrogen) atoms. The number of ether oxygens (including phenoxy) is 1. The molecule has 0 spiro atoms. The topological polar surface area (TPSA) is 102 Å². The number of imidazole rings is 1. The second-order valence-electron chi connectivity index (χ2n) is 9.46. The number of benzene rings is 1. The number of fused-ring (bicyclic) bond motifs is 1. The zero-order valence-electron chi connectivity index (χ0n) is 20.5. The largest absolute Gasteiger partial charge is 0.443 e. The molecule has 2 amide bonds. The Morgan fingerprint density at radius 3 is 2.41 bits per heavy atom. The maximum Gasteiger partial charge on any atom is 0.434 e. The Labute approximate surface area is 215 Å². The summed E-state index contributed by atoms with van der Waals surface area (Å²) in [6, 6.07) is 6.73. The van der Waals surface area contributed by atoms with E-state index in [2.05, 4.69) is 20.3 Å². The van der Waals surface area contributed by atoms with E-state index in [0.717, 1.165) is 16.7 Å². The first-order chi connectivity index (χ1) is 17.2. The number of hydrogen-bond acceptors (Lipinski definition) is 7. The number of nitrogens with zero attached hydrogens (tertiary/aromatic N) is 5. The molecule has 3 aromatic rings. The smallest absolute Gasteiger partial charge is 0.434 e. The second-order valence-corrected chi connectivity index (χ2v) is 9.80. The van der Waals surface area contributed by atoms with E-state index in [4.69, 9.17) is 16.3 Å². The van der Waals surface area contributed by atoms with Crippen LogP contribution >= 0.6 is 11.6 Å². The van der Waals surface area contributed by atoms with Crippen molar-refractivity contribution in [3.8, 4) is 11.4 Å². The van der Waals surface area contributed by atoms with Crippen molar-refractivity contribution in [2.75, 3.05) is 11.9 Å². The fourth-order valence-electron chi connectivity index (χ4n) is 3.78. The van der Waals surface area contributed by atoms with Gasteiger partial charge in [0.25, 0.3) is 5.91 Å². The molecule has 13 heteroatoms. The average molecular weight is 537 g/mol. The maximum atomic E-state index is 13.2. The molecule has 0 unspecified atom stereocenters. The molecule has 0 bridgehead atoms. The number of imide groups is 1. The summed E-state index contributed by atoms with van der Waals surface area (Å²) in [6.45, 7) is 5.43. The molecule has 0 fully saturated rings. The molecule has 0 atom stereocenters. The Hall–Kier alpha value is -3.67. The summed E-state index contributed by atoms with van der Waals surface area (Å²) < 4.78 is 45.6. The Morgan fingerprint density at radius 1 is 1.14 bits per heavy atom. The van der Waals surface area contributed by atoms with Crippen LogP contribution in [0.2, 0.25) is 5.28 Å². The number of hydrogen-bond donors (Lipinski definition) is 1. The number of aromatic nitrogens is 4. The number of nitrogens with one attached hydrogen (secondary N) is 1. The van der Waals surface area contributed by atoms with Gasteiger partial charge in [-0.2, -0.15) is 18.2 Å². The molecule has 9 nitrogen and oxygen atoms in total. The third-order valence-corrected chi connectivity index (χ3v) is 5.61. The highest BCUT2D eigenvalue weighted by Crippen LogP contribution is 2.31. The highest BCUT2D eigenvalue weighted by molar-refractivity contribution is 6.28. The van der Waals surface area contributed by atoms with Gasteiger partial charge in [0.05, 0.1) is 5.69 Å². The normalized spacial score (nSPS) is 13.9. The number of rotatable bonds is 4. The van der Waals surface area contributed by atoms with E-state index in [1.165, 1.54) is 11.6 Å². The number of aryl methyl sites for hydroxylation is 1. The van der Waals surface area contributed by atoms with Crippen LogP contribution in [0.15, 0.2) is 30.5 Å². The van der Waals surface area contributed by atoms with Gasteiger partial charge in [-0.3, -0.25) is 4.79 Å². The monoisotopic (exact) mass is 536 g/mol. The molecule has 3 heterocycles. The number of carbonyl (C=O) groups excluding carboxylic acids is 2. The molecule has 1 aromatic carbocycles. The van der Waals surface area contributed by atoms with Crippen LogP contribution in [0.5, 0.6) is 0 Å². The van der Waals surface area contributed by atoms with Gasteiger partial charge >= 0.3 is 12.3 Å². The maximum absolute atomic E-state index is 13.2. The van der Waals surface area contributed by atoms with Crippen LogP contribution < -0.4 is 5.32 Å². The van der Waals surface area contributed by atoms with Gasteiger partial charge in [0, 0.05) is 38.3 Å². The highest BCUT2D eigenvalue weighted by Gasteiger charge is 2.36. The third-order valence-electron chi connectivity index (χ3n) is 5.44. The van der Waals surface area contributed by atoms with Gasteiger partial charge in [0.1, 0.15) is 22.8 Å². The predicted octanol–water partition coefficient (Wildman–Crippen LogP) is 5.09. The minimum Gasteiger partial charge on any atom is -0.443 e. The van der Waals surface area contributed by atoms with E-state index >= 15 is 0 Å². The first-order valence-corrected chi connectivity index (χ1v) is 11.7. The molecule has 2 aromatic heterocycles. The lowest BCUT2D eigenvalue weighted by atomic mass is 10.1. The quantitative estimate of drug-likeness (QED) is 0.463. The van der Waals surface area contributed by atoms with Crippen molar-refractivity contribution in [1.29, 1.82) is 0 Å². The van der Waals surface area contributed by atoms with Crippen molar-refractivity contribution in [2.45, 2.75) is 45.5 Å². The van der Waals surface area contributed by atoms with E-state index in [0.29, 0.717) is 11.3 Å². The number of alkyl halides is 3. The summed E-state index contributed by atoms with van der Waals surface area (Å²) in [6.07, 6.45) is -4.07. The number of anilines is 1. The van der Waals surface area contributed by atoms with Gasteiger partial charge < -0.3 is 14.6 Å². The van der Waals surface area contributed by atoms with Crippen molar-refractivity contribution in [1.82, 2.24) is 24.4 Å². The van der Waals surface area contributed by atoms with E-state index in [1.807, 2.05) is 0 Å². The van der Waals surface area contributed by atoms with E-state index in [1.54, 1.807) is 45.0 Å². The summed E-state index contributed by atoms with van der Waals surface area (Å²) >= 11 is 6.07. The molecule has 1 N–H and O–H groups in total. The Bertz CT molecular complexity index is 1350. The van der Waals surface area contributed by atoms with E-state index in [-0.39, 0.29) is 42.0 Å². The van der Waals surface area contributed by atoms with Gasteiger partial charge in [-0.25, -0.2) is 19.7 Å². The van der Waals surface area contributed by atoms with Crippen molar-refractivity contribution >= 4 is 29.4 Å². The zero-order valence-corrected chi connectivity index (χ0v) is 21.2. The van der Waals surface area contributed by atoms with Crippen LogP contribution in [0.25, 0.3) is 11.4 Å². The molecule has 0 radical (unpaired) electrons. The highest BCUT2D eigenvalue weighted by atomic mass is 35.5. The van der Waals surface area contributed by atoms with Crippen molar-refractivity contribution in [3.05, 3.63) is 58.3 Å². The van der Waals surface area contributed by atoms with Crippen LogP contribution in [-0.2, 0) is 30.9 Å². The van der Waals surface area contributed by atoms with Crippen LogP contribution in [-0.4, -0.2) is 48.6 Å². The lowest BCUT2D eigenvalue weighted by Crippen LogP contribution is -2.45. The first kappa shape index (κ1) is 26.4. The van der Waals surface area contributed by atoms with Crippen LogP contribution in [0.3, 0.4) is 0 Å². The van der Waals surface area contributed by atoms with Crippen molar-refractivity contribution in [3.63, 3.8) is 0 Å². The summed E-state index contributed by atoms with van der Waals surface area (Å²) in [7, 11) is 1.49. The predicted molar refractivity (Wildman–Crippen MR) is 129 cm³/mol. The van der Waals surface area contributed by atoms with E-state index in [9.17, 15) is 22.8 Å². The third kappa shape index (κ3) is 5.85. The molecule has 196 valence electrons. The molecular weight excluding hydrogens is 513 g/mol. The molecule has 0 saturated heterocycles.